The molecule has 0 N–H and O–H groups in total. The van der Waals surface area contributed by atoms with Crippen molar-refractivity contribution in [1.82, 2.24) is 0 Å². The van der Waals surface area contributed by atoms with Crippen LogP contribution in [0.5, 0.6) is 0 Å². The normalized spacial score (nSPS) is 14.4. The van der Waals surface area contributed by atoms with E-state index >= 15 is 0 Å². The second kappa shape index (κ2) is 17.2. The molecule has 0 aromatic heterocycles. The van der Waals surface area contributed by atoms with Gasteiger partial charge >= 0.3 is 0 Å². The summed E-state index contributed by atoms with van der Waals surface area (Å²) in [6.07, 6.45) is 3.51. The number of hydrogen-bond acceptors (Lipinski definition) is 4. The van der Waals surface area contributed by atoms with Gasteiger partial charge in [0.2, 0.25) is 0 Å². The van der Waals surface area contributed by atoms with Crippen LogP contribution in [0, 0.1) is 0 Å². The lowest BCUT2D eigenvalue weighted by Crippen LogP contribution is -2.05. The minimum absolute atomic E-state index is 0.442. The Hall–Kier alpha value is -1.72. The van der Waals surface area contributed by atoms with Gasteiger partial charge in [0.15, 0.2) is 0 Å². The topological polar surface area (TPSA) is 0 Å². The number of hydrogen-bond donors (Lipinski definition) is 1. The Morgan fingerprint density at radius 3 is 1.46 bits per heavy atom. The second-order valence-corrected chi connectivity index (χ2v) is 14.3. The van der Waals surface area contributed by atoms with Crippen LogP contribution in [0.3, 0.4) is 0 Å². The van der Waals surface area contributed by atoms with Gasteiger partial charge in [-0.25, -0.2) is 0 Å². The average molecular weight is 589 g/mol. The lowest BCUT2D eigenvalue weighted by atomic mass is 10.1. The molecule has 204 valence electrons. The van der Waals surface area contributed by atoms with Gasteiger partial charge in [-0.15, -0.1) is 11.8 Å². The highest BCUT2D eigenvalue weighted by Crippen LogP contribution is 2.45. The van der Waals surface area contributed by atoms with Gasteiger partial charge < -0.3 is 0 Å². The number of thioether (sulfide) groups is 3. The summed E-state index contributed by atoms with van der Waals surface area (Å²) in [6, 6.07) is 44.2. The molecule has 4 aromatic carbocycles. The molecule has 0 heterocycles. The molecule has 0 spiro atoms. The van der Waals surface area contributed by atoms with Crippen LogP contribution in [0.4, 0.5) is 0 Å². The molecule has 0 saturated heterocycles. The molecule has 4 heteroatoms. The molecule has 4 rings (SSSR count). The lowest BCUT2D eigenvalue weighted by Gasteiger charge is -2.25. The van der Waals surface area contributed by atoms with Crippen molar-refractivity contribution >= 4 is 47.9 Å². The summed E-state index contributed by atoms with van der Waals surface area (Å²) in [7, 11) is 0. The summed E-state index contributed by atoms with van der Waals surface area (Å²) >= 11 is 10.8. The molecule has 39 heavy (non-hydrogen) atoms. The highest BCUT2D eigenvalue weighted by atomic mass is 32.2. The summed E-state index contributed by atoms with van der Waals surface area (Å²) < 4.78 is 0. The van der Waals surface area contributed by atoms with Gasteiger partial charge in [0, 0.05) is 26.8 Å². The van der Waals surface area contributed by atoms with Crippen molar-refractivity contribution < 1.29 is 0 Å². The first-order chi connectivity index (χ1) is 19.2. The molecule has 0 fully saturated rings. The largest absolute Gasteiger partial charge is 0.179 e. The van der Waals surface area contributed by atoms with Gasteiger partial charge in [-0.05, 0) is 59.9 Å². The van der Waals surface area contributed by atoms with E-state index in [0.717, 1.165) is 23.7 Å². The Bertz CT molecular complexity index is 1170. The van der Waals surface area contributed by atoms with Gasteiger partial charge in [0.05, 0.1) is 0 Å². The van der Waals surface area contributed by atoms with Crippen molar-refractivity contribution in [2.24, 2.45) is 0 Å². The van der Waals surface area contributed by atoms with Crippen LogP contribution in [0.25, 0.3) is 0 Å². The maximum Gasteiger partial charge on any atom is 0.0393 e. The van der Waals surface area contributed by atoms with Gasteiger partial charge in [-0.3, -0.25) is 0 Å². The Balaban J connectivity index is 1.44. The minimum atomic E-state index is 0.442. The van der Waals surface area contributed by atoms with E-state index in [1.54, 1.807) is 0 Å². The first-order valence-electron chi connectivity index (χ1n) is 13.9. The van der Waals surface area contributed by atoms with Crippen LogP contribution < -0.4 is 0 Å². The fraction of sp³-hybridized carbons (Fsp3) is 0.314. The van der Waals surface area contributed by atoms with Crippen LogP contribution in [0.15, 0.2) is 121 Å². The molecule has 0 nitrogen and oxygen atoms in total. The fourth-order valence-corrected chi connectivity index (χ4v) is 9.33. The van der Waals surface area contributed by atoms with E-state index < -0.39 is 0 Å². The van der Waals surface area contributed by atoms with Crippen molar-refractivity contribution in [3.05, 3.63) is 144 Å². The van der Waals surface area contributed by atoms with Gasteiger partial charge in [0.25, 0.3) is 0 Å². The zero-order valence-electron chi connectivity index (χ0n) is 22.8. The van der Waals surface area contributed by atoms with Crippen molar-refractivity contribution in [3.8, 4) is 0 Å². The van der Waals surface area contributed by atoms with Crippen LogP contribution >= 0.6 is 47.9 Å². The lowest BCUT2D eigenvalue weighted by molar-refractivity contribution is 0.783. The number of thiol groups is 1. The summed E-state index contributed by atoms with van der Waals surface area (Å²) in [5, 5.41) is 1.91. The second-order valence-electron chi connectivity index (χ2n) is 9.75. The van der Waals surface area contributed by atoms with E-state index in [2.05, 4.69) is 176 Å². The van der Waals surface area contributed by atoms with Crippen molar-refractivity contribution in [3.63, 3.8) is 0 Å². The number of benzene rings is 4. The van der Waals surface area contributed by atoms with Gasteiger partial charge in [0.1, 0.15) is 0 Å². The standard InChI is InChI=1S/C35H40S4/c1-28(29-15-6-2-7-16-29)39-35(32-21-12-5-13-22-32)27-38-34(31-19-10-4-11-20-31)24-26-37-33(23-14-25-36)30-17-8-3-9-18-30/h2-13,15-22,28,33-36H,14,23-27H2,1H3. The predicted octanol–water partition coefficient (Wildman–Crippen LogP) is 11.3. The summed E-state index contributed by atoms with van der Waals surface area (Å²) in [4.78, 5) is 0. The first-order valence-corrected chi connectivity index (χ1v) is 17.6. The summed E-state index contributed by atoms with van der Waals surface area (Å²) in [6.45, 7) is 2.35. The summed E-state index contributed by atoms with van der Waals surface area (Å²) in [5.41, 5.74) is 5.72. The molecular formula is C35H40S4. The third-order valence-electron chi connectivity index (χ3n) is 6.92. The van der Waals surface area contributed by atoms with Crippen molar-refractivity contribution in [1.29, 1.82) is 0 Å². The maximum atomic E-state index is 4.49. The molecule has 4 unspecified atom stereocenters. The SMILES string of the molecule is CC(SC(CSC(CCSC(CCCS)c1ccccc1)c1ccccc1)c1ccccc1)c1ccccc1. The fourth-order valence-electron chi connectivity index (χ4n) is 4.76. The molecule has 0 saturated carbocycles. The molecule has 0 radical (unpaired) electrons. The smallest absolute Gasteiger partial charge is 0.0393 e. The van der Waals surface area contributed by atoms with Gasteiger partial charge in [-0.2, -0.15) is 36.2 Å². The average Bonchev–Trinajstić information content (AvgIpc) is 3.01. The van der Waals surface area contributed by atoms with E-state index in [9.17, 15) is 0 Å². The van der Waals surface area contributed by atoms with E-state index in [1.165, 1.54) is 35.1 Å². The Kier molecular flexibility index (Phi) is 13.3. The molecule has 0 amide bonds. The van der Waals surface area contributed by atoms with Crippen LogP contribution in [0.2, 0.25) is 0 Å². The van der Waals surface area contributed by atoms with Crippen LogP contribution in [-0.4, -0.2) is 17.3 Å². The minimum Gasteiger partial charge on any atom is -0.179 e. The first kappa shape index (κ1) is 30.2. The monoisotopic (exact) mass is 588 g/mol. The van der Waals surface area contributed by atoms with Crippen molar-refractivity contribution in [2.75, 3.05) is 17.3 Å². The Morgan fingerprint density at radius 2 is 0.974 bits per heavy atom. The van der Waals surface area contributed by atoms with E-state index in [1.807, 2.05) is 0 Å². The molecule has 0 aliphatic heterocycles. The number of rotatable bonds is 16. The van der Waals surface area contributed by atoms with E-state index in [-0.39, 0.29) is 0 Å². The van der Waals surface area contributed by atoms with Gasteiger partial charge in [-0.1, -0.05) is 121 Å². The highest BCUT2D eigenvalue weighted by molar-refractivity contribution is 8.03. The molecular weight excluding hydrogens is 549 g/mol. The highest BCUT2D eigenvalue weighted by Gasteiger charge is 2.21. The van der Waals surface area contributed by atoms with E-state index in [0.29, 0.717) is 21.0 Å². The molecule has 0 aliphatic carbocycles. The zero-order chi connectivity index (χ0) is 27.1. The third-order valence-corrected chi connectivity index (χ3v) is 11.7. The molecule has 4 aromatic rings. The van der Waals surface area contributed by atoms with Crippen LogP contribution in [0.1, 0.15) is 69.4 Å². The molecule has 4 atom stereocenters. The Morgan fingerprint density at radius 1 is 0.538 bits per heavy atom. The maximum absolute atomic E-state index is 4.49. The quantitative estimate of drug-likeness (QED) is 0.129. The molecule has 0 aliphatic rings. The Labute approximate surface area is 254 Å². The summed E-state index contributed by atoms with van der Waals surface area (Å²) in [5.74, 6) is 3.20. The zero-order valence-corrected chi connectivity index (χ0v) is 26.1. The molecule has 0 bridgehead atoms. The van der Waals surface area contributed by atoms with Crippen LogP contribution in [-0.2, 0) is 0 Å². The van der Waals surface area contributed by atoms with Crippen molar-refractivity contribution in [2.45, 2.75) is 47.2 Å². The third kappa shape index (κ3) is 10.0. The predicted molar refractivity (Wildman–Crippen MR) is 183 cm³/mol. The van der Waals surface area contributed by atoms with E-state index in [4.69, 9.17) is 0 Å².